The second-order valence-corrected chi connectivity index (χ2v) is 8.06. The maximum absolute atomic E-state index is 12.7. The lowest BCUT2D eigenvalue weighted by molar-refractivity contribution is 0.0555. The van der Waals surface area contributed by atoms with Gasteiger partial charge in [0.1, 0.15) is 0 Å². The van der Waals surface area contributed by atoms with Gasteiger partial charge in [0.15, 0.2) is 5.82 Å². The van der Waals surface area contributed by atoms with Crippen molar-refractivity contribution in [2.24, 2.45) is 0 Å². The first kappa shape index (κ1) is 18.8. The number of nitrogens with zero attached hydrogens (tertiary/aromatic N) is 4. The molecule has 0 bridgehead atoms. The third kappa shape index (κ3) is 4.00. The van der Waals surface area contributed by atoms with Gasteiger partial charge in [-0.3, -0.25) is 9.69 Å². The Kier molecular flexibility index (Phi) is 5.54. The summed E-state index contributed by atoms with van der Waals surface area (Å²) in [4.78, 5) is 22.4. The smallest absolute Gasteiger partial charge is 0.264 e. The maximum Gasteiger partial charge on any atom is 0.264 e. The molecule has 4 rings (SSSR count). The predicted molar refractivity (Wildman–Crippen MR) is 108 cm³/mol. The van der Waals surface area contributed by atoms with E-state index in [-0.39, 0.29) is 11.9 Å². The van der Waals surface area contributed by atoms with Crippen molar-refractivity contribution >= 4 is 17.2 Å². The van der Waals surface area contributed by atoms with E-state index in [1.54, 1.807) is 0 Å². The van der Waals surface area contributed by atoms with Crippen molar-refractivity contribution in [1.82, 2.24) is 19.9 Å². The molecule has 6 nitrogen and oxygen atoms in total. The van der Waals surface area contributed by atoms with Gasteiger partial charge in [0, 0.05) is 32.6 Å². The summed E-state index contributed by atoms with van der Waals surface area (Å²) in [6.07, 6.45) is 0.666. The molecule has 1 fully saturated rings. The fraction of sp³-hybridized carbons (Fsp3) is 0.381. The van der Waals surface area contributed by atoms with E-state index in [2.05, 4.69) is 34.1 Å². The Morgan fingerprint density at radius 1 is 1.18 bits per heavy atom. The highest BCUT2D eigenvalue weighted by molar-refractivity contribution is 7.12. The van der Waals surface area contributed by atoms with E-state index in [4.69, 9.17) is 4.52 Å². The van der Waals surface area contributed by atoms with Gasteiger partial charge in [-0.05, 0) is 36.4 Å². The van der Waals surface area contributed by atoms with Crippen LogP contribution in [0.25, 0.3) is 0 Å². The van der Waals surface area contributed by atoms with Gasteiger partial charge in [0.05, 0.1) is 10.9 Å². The molecule has 146 valence electrons. The molecule has 0 N–H and O–H groups in total. The molecular weight excluding hydrogens is 372 g/mol. The lowest BCUT2D eigenvalue weighted by Crippen LogP contribution is -2.49. The monoisotopic (exact) mass is 396 g/mol. The van der Waals surface area contributed by atoms with Crippen molar-refractivity contribution in [2.45, 2.75) is 26.3 Å². The van der Waals surface area contributed by atoms with Crippen LogP contribution in [0.4, 0.5) is 0 Å². The van der Waals surface area contributed by atoms with E-state index >= 15 is 0 Å². The summed E-state index contributed by atoms with van der Waals surface area (Å²) in [6.45, 7) is 7.10. The third-order valence-corrected chi connectivity index (χ3v) is 6.26. The van der Waals surface area contributed by atoms with Crippen LogP contribution in [0.5, 0.6) is 0 Å². The molecule has 1 aromatic carbocycles. The van der Waals surface area contributed by atoms with E-state index in [1.165, 1.54) is 16.9 Å². The van der Waals surface area contributed by atoms with Gasteiger partial charge in [-0.25, -0.2) is 0 Å². The summed E-state index contributed by atoms with van der Waals surface area (Å²) in [6, 6.07) is 12.2. The summed E-state index contributed by atoms with van der Waals surface area (Å²) in [5.74, 6) is 1.48. The van der Waals surface area contributed by atoms with Crippen molar-refractivity contribution in [1.29, 1.82) is 0 Å². The van der Waals surface area contributed by atoms with E-state index in [0.29, 0.717) is 31.2 Å². The number of rotatable bonds is 5. The van der Waals surface area contributed by atoms with Gasteiger partial charge in [0.25, 0.3) is 5.91 Å². The lowest BCUT2D eigenvalue weighted by atomic mass is 10.1. The van der Waals surface area contributed by atoms with Gasteiger partial charge in [-0.2, -0.15) is 4.98 Å². The van der Waals surface area contributed by atoms with Crippen LogP contribution in [0.2, 0.25) is 0 Å². The second kappa shape index (κ2) is 8.24. The van der Waals surface area contributed by atoms with Gasteiger partial charge in [-0.15, -0.1) is 11.3 Å². The van der Waals surface area contributed by atoms with Crippen molar-refractivity contribution in [3.63, 3.8) is 0 Å². The minimum absolute atomic E-state index is 0.0396. The zero-order valence-corrected chi connectivity index (χ0v) is 17.0. The van der Waals surface area contributed by atoms with E-state index in [1.807, 2.05) is 41.5 Å². The van der Waals surface area contributed by atoms with Crippen LogP contribution >= 0.6 is 11.3 Å². The standard InChI is InChI=1S/C21H24N4O2S/c1-15-8-13-28-19(15)21(26)25-11-9-24(10-12-25)16(2)20-22-18(23-27-20)14-17-6-4-3-5-7-17/h3-8,13,16H,9-12,14H2,1-2H3/t16-/m1/s1. The van der Waals surface area contributed by atoms with E-state index < -0.39 is 0 Å². The molecule has 3 aromatic rings. The number of benzene rings is 1. The molecule has 0 radical (unpaired) electrons. The average molecular weight is 397 g/mol. The summed E-state index contributed by atoms with van der Waals surface area (Å²) < 4.78 is 5.52. The average Bonchev–Trinajstić information content (AvgIpc) is 3.37. The molecule has 1 saturated heterocycles. The highest BCUT2D eigenvalue weighted by atomic mass is 32.1. The van der Waals surface area contributed by atoms with Crippen molar-refractivity contribution in [2.75, 3.05) is 26.2 Å². The molecule has 1 atom stereocenters. The lowest BCUT2D eigenvalue weighted by Gasteiger charge is -2.36. The quantitative estimate of drug-likeness (QED) is 0.660. The molecular formula is C21H24N4O2S. The van der Waals surface area contributed by atoms with E-state index in [0.717, 1.165) is 23.5 Å². The normalized spacial score (nSPS) is 16.3. The van der Waals surface area contributed by atoms with Crippen molar-refractivity contribution in [3.05, 3.63) is 69.5 Å². The number of aryl methyl sites for hydroxylation is 1. The number of aromatic nitrogens is 2. The maximum atomic E-state index is 12.7. The summed E-state index contributed by atoms with van der Waals surface area (Å²) in [7, 11) is 0. The van der Waals surface area contributed by atoms with Crippen molar-refractivity contribution < 1.29 is 9.32 Å². The SMILES string of the molecule is Cc1ccsc1C(=O)N1CCN([C@H](C)c2nc(Cc3ccccc3)no2)CC1. The molecule has 3 heterocycles. The third-order valence-electron chi connectivity index (χ3n) is 5.25. The Morgan fingerprint density at radius 2 is 1.93 bits per heavy atom. The topological polar surface area (TPSA) is 62.5 Å². The fourth-order valence-electron chi connectivity index (χ4n) is 3.49. The highest BCUT2D eigenvalue weighted by Gasteiger charge is 2.28. The number of piperazine rings is 1. The molecule has 1 amide bonds. The van der Waals surface area contributed by atoms with Crippen LogP contribution in [0.1, 0.15) is 45.5 Å². The summed E-state index contributed by atoms with van der Waals surface area (Å²) in [5.41, 5.74) is 2.22. The highest BCUT2D eigenvalue weighted by Crippen LogP contribution is 2.23. The Balaban J connectivity index is 1.35. The van der Waals surface area contributed by atoms with Crippen LogP contribution < -0.4 is 0 Å². The number of hydrogen-bond donors (Lipinski definition) is 0. The first-order valence-corrected chi connectivity index (χ1v) is 10.4. The number of amides is 1. The molecule has 7 heteroatoms. The van der Waals surface area contributed by atoms with Crippen LogP contribution in [-0.2, 0) is 6.42 Å². The molecule has 28 heavy (non-hydrogen) atoms. The Morgan fingerprint density at radius 3 is 2.61 bits per heavy atom. The molecule has 0 unspecified atom stereocenters. The predicted octanol–water partition coefficient (Wildman–Crippen LogP) is 3.55. The van der Waals surface area contributed by atoms with Crippen LogP contribution in [-0.4, -0.2) is 52.0 Å². The van der Waals surface area contributed by atoms with Crippen LogP contribution in [0.15, 0.2) is 46.3 Å². The minimum Gasteiger partial charge on any atom is -0.338 e. The largest absolute Gasteiger partial charge is 0.338 e. The molecule has 2 aromatic heterocycles. The number of carbonyl (C=O) groups excluding carboxylic acids is 1. The number of carbonyl (C=O) groups is 1. The van der Waals surface area contributed by atoms with Gasteiger partial charge in [0.2, 0.25) is 5.89 Å². The van der Waals surface area contributed by atoms with Crippen LogP contribution in [0.3, 0.4) is 0 Å². The Labute approximate surface area is 168 Å². The zero-order chi connectivity index (χ0) is 19.5. The van der Waals surface area contributed by atoms with Gasteiger partial charge < -0.3 is 9.42 Å². The fourth-order valence-corrected chi connectivity index (χ4v) is 4.38. The Bertz CT molecular complexity index is 929. The zero-order valence-electron chi connectivity index (χ0n) is 16.2. The Hall–Kier alpha value is -2.51. The van der Waals surface area contributed by atoms with Gasteiger partial charge >= 0.3 is 0 Å². The van der Waals surface area contributed by atoms with Crippen molar-refractivity contribution in [3.8, 4) is 0 Å². The molecule has 0 aliphatic carbocycles. The summed E-state index contributed by atoms with van der Waals surface area (Å²) >= 11 is 1.52. The molecule has 1 aliphatic rings. The number of thiophene rings is 1. The summed E-state index contributed by atoms with van der Waals surface area (Å²) in [5, 5.41) is 6.11. The molecule has 0 spiro atoms. The number of hydrogen-bond acceptors (Lipinski definition) is 6. The molecule has 1 aliphatic heterocycles. The second-order valence-electron chi connectivity index (χ2n) is 7.15. The van der Waals surface area contributed by atoms with Gasteiger partial charge in [-0.1, -0.05) is 35.5 Å². The van der Waals surface area contributed by atoms with Crippen LogP contribution in [0, 0.1) is 6.92 Å². The first-order valence-electron chi connectivity index (χ1n) is 9.55. The first-order chi connectivity index (χ1) is 13.6. The minimum atomic E-state index is 0.0396. The molecule has 0 saturated carbocycles. The van der Waals surface area contributed by atoms with E-state index in [9.17, 15) is 4.79 Å².